The number of rotatable bonds is 6. The van der Waals surface area contributed by atoms with E-state index in [0.29, 0.717) is 35.7 Å². The van der Waals surface area contributed by atoms with Crippen LogP contribution in [0.5, 0.6) is 11.5 Å². The number of furan rings is 2. The molecule has 2 aromatic heterocycles. The van der Waals surface area contributed by atoms with Crippen LogP contribution in [-0.2, 0) is 9.53 Å². The van der Waals surface area contributed by atoms with E-state index in [2.05, 4.69) is 6.07 Å². The Hall–Kier alpha value is -4.71. The lowest BCUT2D eigenvalue weighted by molar-refractivity contribution is -0.117. The quantitative estimate of drug-likeness (QED) is 0.388. The number of hydrogen-bond donors (Lipinski definition) is 1. The van der Waals surface area contributed by atoms with Gasteiger partial charge in [-0.3, -0.25) is 4.79 Å². The Morgan fingerprint density at radius 2 is 1.94 bits per heavy atom. The number of hydrogen-bond acceptors (Lipinski definition) is 9. The van der Waals surface area contributed by atoms with Gasteiger partial charge in [-0.15, -0.1) is 0 Å². The first kappa shape index (κ1) is 23.1. The maximum Gasteiger partial charge on any atom is 0.379 e. The number of benzene rings is 1. The Labute approximate surface area is 206 Å². The van der Waals surface area contributed by atoms with Crippen molar-refractivity contribution < 1.29 is 32.6 Å². The molecule has 2 N–H and O–H groups in total. The van der Waals surface area contributed by atoms with Crippen LogP contribution in [-0.4, -0.2) is 18.4 Å². The van der Waals surface area contributed by atoms with Crippen molar-refractivity contribution in [3.05, 3.63) is 94.9 Å². The summed E-state index contributed by atoms with van der Waals surface area (Å²) in [4.78, 5) is 25.8. The van der Waals surface area contributed by atoms with Crippen LogP contribution in [0.15, 0.2) is 86.6 Å². The van der Waals surface area contributed by atoms with Gasteiger partial charge < -0.3 is 28.8 Å². The van der Waals surface area contributed by atoms with Crippen molar-refractivity contribution >= 4 is 11.8 Å². The van der Waals surface area contributed by atoms with Crippen LogP contribution >= 0.6 is 0 Å². The number of esters is 1. The van der Waals surface area contributed by atoms with E-state index >= 15 is 0 Å². The van der Waals surface area contributed by atoms with Gasteiger partial charge in [0.25, 0.3) is 0 Å². The van der Waals surface area contributed by atoms with Crippen LogP contribution in [0.1, 0.15) is 53.5 Å². The Balaban J connectivity index is 1.53. The number of nitrogens with two attached hydrogens (primary N) is 1. The fraction of sp³-hybridized carbons (Fsp3) is 0.222. The molecule has 1 aromatic carbocycles. The summed E-state index contributed by atoms with van der Waals surface area (Å²) in [6.07, 6.45) is 3.55. The molecule has 36 heavy (non-hydrogen) atoms. The number of carbonyl (C=O) groups excluding carboxylic acids is 2. The summed E-state index contributed by atoms with van der Waals surface area (Å²) in [5, 5.41) is 9.90. The van der Waals surface area contributed by atoms with Gasteiger partial charge in [-0.25, -0.2) is 4.79 Å². The standard InChI is InChI=1S/C27H22N2O7/c1-2-32-22-12-15(7-8-20(22)36-27(31)21-6-4-10-34-21)24-17(14-28)26(29)35-23-13-16(11-18(30)25(23)24)19-5-3-9-33-19/h3-10,12,16,24H,2,11,13,29H2,1H3/t16-,24+/m1/s1. The number of nitrogens with zero attached hydrogens (tertiary/aromatic N) is 1. The Bertz CT molecular complexity index is 1410. The third-order valence-electron chi connectivity index (χ3n) is 6.13. The van der Waals surface area contributed by atoms with Crippen molar-refractivity contribution in [3.63, 3.8) is 0 Å². The molecule has 2 aliphatic rings. The Morgan fingerprint density at radius 1 is 1.14 bits per heavy atom. The van der Waals surface area contributed by atoms with Crippen LogP contribution in [0, 0.1) is 11.3 Å². The topological polar surface area (TPSA) is 138 Å². The smallest absolute Gasteiger partial charge is 0.379 e. The van der Waals surface area contributed by atoms with Gasteiger partial charge >= 0.3 is 5.97 Å². The van der Waals surface area contributed by atoms with Crippen molar-refractivity contribution in [2.75, 3.05) is 6.61 Å². The van der Waals surface area contributed by atoms with E-state index < -0.39 is 11.9 Å². The summed E-state index contributed by atoms with van der Waals surface area (Å²) < 4.78 is 27.6. The number of nitriles is 1. The van der Waals surface area contributed by atoms with E-state index in [-0.39, 0.29) is 46.8 Å². The molecular weight excluding hydrogens is 464 g/mol. The average Bonchev–Trinajstić information content (AvgIpc) is 3.59. The van der Waals surface area contributed by atoms with Gasteiger partial charge in [0.15, 0.2) is 17.3 Å². The number of ketones is 1. The molecule has 0 bridgehead atoms. The minimum Gasteiger partial charge on any atom is -0.490 e. The van der Waals surface area contributed by atoms with Gasteiger partial charge in [0.2, 0.25) is 11.6 Å². The predicted molar refractivity (Wildman–Crippen MR) is 125 cm³/mol. The largest absolute Gasteiger partial charge is 0.490 e. The summed E-state index contributed by atoms with van der Waals surface area (Å²) in [6, 6.07) is 13.6. The van der Waals surface area contributed by atoms with Crippen molar-refractivity contribution in [2.45, 2.75) is 31.6 Å². The number of carbonyl (C=O) groups is 2. The molecule has 0 radical (unpaired) electrons. The second-order valence-electron chi connectivity index (χ2n) is 8.31. The van der Waals surface area contributed by atoms with Gasteiger partial charge in [-0.05, 0) is 48.9 Å². The Morgan fingerprint density at radius 3 is 2.64 bits per heavy atom. The average molecular weight is 486 g/mol. The molecule has 3 heterocycles. The molecule has 0 amide bonds. The minimum atomic E-state index is -0.752. The molecule has 9 nitrogen and oxygen atoms in total. The number of allylic oxidation sites excluding steroid dienone is 3. The molecule has 0 spiro atoms. The molecule has 5 rings (SSSR count). The zero-order chi connectivity index (χ0) is 25.2. The second kappa shape index (κ2) is 9.50. The van der Waals surface area contributed by atoms with Gasteiger partial charge in [0, 0.05) is 24.3 Å². The van der Waals surface area contributed by atoms with E-state index in [1.54, 1.807) is 43.5 Å². The lowest BCUT2D eigenvalue weighted by Gasteiger charge is -2.33. The van der Waals surface area contributed by atoms with Crippen molar-refractivity contribution in [1.29, 1.82) is 5.26 Å². The lowest BCUT2D eigenvalue weighted by atomic mass is 9.74. The molecular formula is C27H22N2O7. The summed E-state index contributed by atoms with van der Waals surface area (Å²) in [7, 11) is 0. The molecule has 0 saturated heterocycles. The molecule has 1 aliphatic heterocycles. The second-order valence-corrected chi connectivity index (χ2v) is 8.31. The number of Topliss-reactive ketones (excluding diaryl/α,β-unsaturated/α-hetero) is 1. The van der Waals surface area contributed by atoms with Gasteiger partial charge in [0.05, 0.1) is 25.1 Å². The maximum atomic E-state index is 13.4. The summed E-state index contributed by atoms with van der Waals surface area (Å²) in [5.41, 5.74) is 7.22. The van der Waals surface area contributed by atoms with Gasteiger partial charge in [0.1, 0.15) is 23.2 Å². The highest BCUT2D eigenvalue weighted by atomic mass is 16.6. The molecule has 0 saturated carbocycles. The highest BCUT2D eigenvalue weighted by Gasteiger charge is 2.41. The zero-order valence-corrected chi connectivity index (χ0v) is 19.4. The third-order valence-corrected chi connectivity index (χ3v) is 6.13. The monoisotopic (exact) mass is 486 g/mol. The SMILES string of the molecule is CCOc1cc([C@H]2C(C#N)=C(N)OC3=C2C(=O)C[C@@H](c2ccco2)C3)ccc1OC(=O)c1ccco1. The van der Waals surface area contributed by atoms with E-state index in [4.69, 9.17) is 28.8 Å². The first-order valence-corrected chi connectivity index (χ1v) is 11.4. The predicted octanol–water partition coefficient (Wildman–Crippen LogP) is 4.70. The van der Waals surface area contributed by atoms with Crippen LogP contribution in [0.2, 0.25) is 0 Å². The van der Waals surface area contributed by atoms with Crippen LogP contribution in [0.4, 0.5) is 0 Å². The number of ether oxygens (including phenoxy) is 3. The maximum absolute atomic E-state index is 13.4. The third kappa shape index (κ3) is 4.14. The summed E-state index contributed by atoms with van der Waals surface area (Å²) in [6.45, 7) is 2.08. The zero-order valence-electron chi connectivity index (χ0n) is 19.4. The highest BCUT2D eigenvalue weighted by Crippen LogP contribution is 2.47. The van der Waals surface area contributed by atoms with E-state index in [0.717, 1.165) is 0 Å². The van der Waals surface area contributed by atoms with Crippen LogP contribution in [0.3, 0.4) is 0 Å². The normalized spacial score (nSPS) is 19.4. The summed E-state index contributed by atoms with van der Waals surface area (Å²) >= 11 is 0. The first-order chi connectivity index (χ1) is 17.5. The van der Waals surface area contributed by atoms with Gasteiger partial charge in [-0.2, -0.15) is 5.26 Å². The molecule has 3 aromatic rings. The van der Waals surface area contributed by atoms with Crippen LogP contribution in [0.25, 0.3) is 0 Å². The van der Waals surface area contributed by atoms with E-state index in [9.17, 15) is 14.9 Å². The first-order valence-electron chi connectivity index (χ1n) is 11.4. The molecule has 1 aliphatic carbocycles. The van der Waals surface area contributed by atoms with E-state index in [1.165, 1.54) is 12.3 Å². The summed E-state index contributed by atoms with van der Waals surface area (Å²) in [5.74, 6) is -0.244. The fourth-order valence-corrected chi connectivity index (χ4v) is 4.57. The van der Waals surface area contributed by atoms with Crippen molar-refractivity contribution in [3.8, 4) is 17.6 Å². The van der Waals surface area contributed by atoms with E-state index in [1.807, 2.05) is 6.07 Å². The molecule has 2 atom stereocenters. The minimum absolute atomic E-state index is 0.0436. The Kier molecular flexibility index (Phi) is 6.09. The molecule has 9 heteroatoms. The molecule has 0 fully saturated rings. The van der Waals surface area contributed by atoms with Crippen molar-refractivity contribution in [1.82, 2.24) is 0 Å². The van der Waals surface area contributed by atoms with Crippen molar-refractivity contribution in [2.24, 2.45) is 5.73 Å². The fourth-order valence-electron chi connectivity index (χ4n) is 4.57. The molecule has 0 unspecified atom stereocenters. The van der Waals surface area contributed by atoms with Gasteiger partial charge in [-0.1, -0.05) is 6.07 Å². The lowest BCUT2D eigenvalue weighted by Crippen LogP contribution is -2.29. The molecule has 182 valence electrons. The highest BCUT2D eigenvalue weighted by molar-refractivity contribution is 6.00. The van der Waals surface area contributed by atoms with Crippen LogP contribution < -0.4 is 15.2 Å².